The number of hydrogen-bond donors (Lipinski definition) is 7. The molecule has 0 aliphatic rings. The molecule has 320 valence electrons. The van der Waals surface area contributed by atoms with E-state index in [1.807, 2.05) is 44.2 Å². The highest BCUT2D eigenvalue weighted by Crippen LogP contribution is 2.14. The Balaban J connectivity index is 1.56. The molecule has 9 N–H and O–H groups in total. The Hall–Kier alpha value is -5.27. The van der Waals surface area contributed by atoms with Gasteiger partial charge < -0.3 is 37.8 Å². The van der Waals surface area contributed by atoms with E-state index in [0.29, 0.717) is 24.8 Å². The van der Waals surface area contributed by atoms with E-state index in [9.17, 15) is 38.7 Å². The van der Waals surface area contributed by atoms with E-state index in [1.165, 1.54) is 0 Å². The summed E-state index contributed by atoms with van der Waals surface area (Å²) in [7, 11) is 0. The summed E-state index contributed by atoms with van der Waals surface area (Å²) in [5.74, 6) is -4.25. The highest BCUT2D eigenvalue weighted by atomic mass is 16.4. The van der Waals surface area contributed by atoms with Crippen LogP contribution in [0.2, 0.25) is 0 Å². The van der Waals surface area contributed by atoms with Gasteiger partial charge in [-0.2, -0.15) is 0 Å². The molecule has 0 aromatic heterocycles. The van der Waals surface area contributed by atoms with Crippen LogP contribution < -0.4 is 32.7 Å². The standard InChI is InChI=1S/C44H66N6O8/c1-31(2)27-35(42(55)49-34(41(46)54)28-32-21-15-13-16-22-32)47-39(52)25-19-11-9-7-5-3-4-6-8-10-12-20-26-40(53)48-36(30-38(45)51)43(56)50-37(44(57)58)29-33-23-17-14-18-24-33/h13-18,21-24,31,34-37H,3-12,19-20,25-30H2,1-2H3,(H2,45,51)(H2,46,54)(H,47,52)(H,48,53)(H,49,55)(H,50,56)(H,57,58)/t34-,35-,36-,37-/m0/s1. The molecule has 0 radical (unpaired) electrons. The second-order valence-electron chi connectivity index (χ2n) is 15.5. The van der Waals surface area contributed by atoms with Gasteiger partial charge in [0.2, 0.25) is 35.4 Å². The molecule has 14 nitrogen and oxygen atoms in total. The lowest BCUT2D eigenvalue weighted by atomic mass is 10.0. The van der Waals surface area contributed by atoms with Crippen LogP contribution in [0.3, 0.4) is 0 Å². The predicted octanol–water partition coefficient (Wildman–Crippen LogP) is 4.36. The van der Waals surface area contributed by atoms with Crippen molar-refractivity contribution in [3.05, 3.63) is 71.8 Å². The van der Waals surface area contributed by atoms with E-state index in [4.69, 9.17) is 11.5 Å². The molecule has 0 fully saturated rings. The van der Waals surface area contributed by atoms with E-state index in [2.05, 4.69) is 21.3 Å². The van der Waals surface area contributed by atoms with E-state index in [-0.39, 0.29) is 31.1 Å². The van der Waals surface area contributed by atoms with Crippen LogP contribution >= 0.6 is 0 Å². The molecule has 2 rings (SSSR count). The van der Waals surface area contributed by atoms with E-state index in [1.54, 1.807) is 30.3 Å². The summed E-state index contributed by atoms with van der Waals surface area (Å²) in [6, 6.07) is 14.0. The number of nitrogens with one attached hydrogen (secondary N) is 4. The smallest absolute Gasteiger partial charge is 0.326 e. The number of nitrogens with two attached hydrogens (primary N) is 2. The van der Waals surface area contributed by atoms with Crippen molar-refractivity contribution in [2.75, 3.05) is 0 Å². The summed E-state index contributed by atoms with van der Waals surface area (Å²) in [6.07, 6.45) is 12.6. The van der Waals surface area contributed by atoms with Gasteiger partial charge in [-0.3, -0.25) is 28.8 Å². The van der Waals surface area contributed by atoms with Gasteiger partial charge in [0.05, 0.1) is 6.42 Å². The topological polar surface area (TPSA) is 240 Å². The summed E-state index contributed by atoms with van der Waals surface area (Å²) < 4.78 is 0. The molecule has 0 spiro atoms. The number of amides is 6. The number of primary amides is 2. The van der Waals surface area contributed by atoms with Crippen LogP contribution in [0, 0.1) is 5.92 Å². The van der Waals surface area contributed by atoms with E-state index < -0.39 is 66.1 Å². The molecular formula is C44H66N6O8. The Morgan fingerprint density at radius 3 is 1.29 bits per heavy atom. The highest BCUT2D eigenvalue weighted by Gasteiger charge is 2.29. The van der Waals surface area contributed by atoms with Gasteiger partial charge in [-0.05, 0) is 36.3 Å². The summed E-state index contributed by atoms with van der Waals surface area (Å²) >= 11 is 0. The quantitative estimate of drug-likeness (QED) is 0.0539. The number of aliphatic carboxylic acids is 1. The second-order valence-corrected chi connectivity index (χ2v) is 15.5. The third-order valence-electron chi connectivity index (χ3n) is 9.81. The monoisotopic (exact) mass is 806 g/mol. The zero-order valence-corrected chi connectivity index (χ0v) is 34.3. The molecular weight excluding hydrogens is 741 g/mol. The van der Waals surface area contributed by atoms with Crippen LogP contribution in [0.25, 0.3) is 0 Å². The molecule has 14 heteroatoms. The van der Waals surface area contributed by atoms with Crippen LogP contribution in [0.4, 0.5) is 0 Å². The lowest BCUT2D eigenvalue weighted by Crippen LogP contribution is -2.54. The zero-order chi connectivity index (χ0) is 42.7. The first kappa shape index (κ1) is 48.9. The lowest BCUT2D eigenvalue weighted by molar-refractivity contribution is -0.142. The van der Waals surface area contributed by atoms with Crippen LogP contribution in [0.1, 0.15) is 128 Å². The van der Waals surface area contributed by atoms with E-state index in [0.717, 1.165) is 76.2 Å². The molecule has 0 bridgehead atoms. The van der Waals surface area contributed by atoms with Gasteiger partial charge in [-0.15, -0.1) is 0 Å². The Morgan fingerprint density at radius 2 is 0.897 bits per heavy atom. The van der Waals surface area contributed by atoms with Crippen molar-refractivity contribution in [1.82, 2.24) is 21.3 Å². The number of hydrogen-bond acceptors (Lipinski definition) is 7. The fourth-order valence-electron chi connectivity index (χ4n) is 6.65. The third-order valence-corrected chi connectivity index (χ3v) is 9.81. The molecule has 0 heterocycles. The van der Waals surface area contributed by atoms with Crippen molar-refractivity contribution in [3.8, 4) is 0 Å². The molecule has 0 unspecified atom stereocenters. The van der Waals surface area contributed by atoms with Crippen molar-refractivity contribution in [2.24, 2.45) is 17.4 Å². The Morgan fingerprint density at radius 1 is 0.517 bits per heavy atom. The molecule has 58 heavy (non-hydrogen) atoms. The maximum absolute atomic E-state index is 13.1. The number of unbranched alkanes of at least 4 members (excludes halogenated alkanes) is 11. The fourth-order valence-corrected chi connectivity index (χ4v) is 6.65. The maximum Gasteiger partial charge on any atom is 0.326 e. The third kappa shape index (κ3) is 21.9. The Labute approximate surface area is 343 Å². The molecule has 0 saturated carbocycles. The number of benzene rings is 2. The van der Waals surface area contributed by atoms with Crippen LogP contribution in [0.5, 0.6) is 0 Å². The normalized spacial score (nSPS) is 13.1. The van der Waals surface area contributed by atoms with Crippen LogP contribution in [-0.4, -0.2) is 70.7 Å². The summed E-state index contributed by atoms with van der Waals surface area (Å²) in [5.41, 5.74) is 12.5. The van der Waals surface area contributed by atoms with Crippen molar-refractivity contribution < 1.29 is 38.7 Å². The molecule has 4 atom stereocenters. The zero-order valence-electron chi connectivity index (χ0n) is 34.3. The molecule has 0 saturated heterocycles. The number of carboxylic acids is 1. The number of carbonyl (C=O) groups excluding carboxylic acids is 6. The van der Waals surface area contributed by atoms with Crippen LogP contribution in [0.15, 0.2) is 60.7 Å². The predicted molar refractivity (Wildman–Crippen MR) is 223 cm³/mol. The Bertz CT molecular complexity index is 1570. The first-order chi connectivity index (χ1) is 27.7. The van der Waals surface area contributed by atoms with Gasteiger partial charge >= 0.3 is 5.97 Å². The molecule has 0 aliphatic heterocycles. The summed E-state index contributed by atoms with van der Waals surface area (Å²) in [5, 5.41) is 20.2. The van der Waals surface area contributed by atoms with Crippen molar-refractivity contribution in [3.63, 3.8) is 0 Å². The number of carbonyl (C=O) groups is 7. The first-order valence-corrected chi connectivity index (χ1v) is 20.8. The fraction of sp³-hybridized carbons (Fsp3) is 0.568. The largest absolute Gasteiger partial charge is 0.480 e. The van der Waals surface area contributed by atoms with Gasteiger partial charge in [0.25, 0.3) is 0 Å². The minimum Gasteiger partial charge on any atom is -0.480 e. The minimum absolute atomic E-state index is 0.0468. The van der Waals surface area contributed by atoms with Gasteiger partial charge in [0, 0.05) is 25.7 Å². The maximum atomic E-state index is 13.1. The van der Waals surface area contributed by atoms with Crippen molar-refractivity contribution in [2.45, 2.75) is 154 Å². The SMILES string of the molecule is CC(C)C[C@H](NC(=O)CCCCCCCCCCCCCCC(=O)N[C@@H](CC(N)=O)C(=O)N[C@@H](Cc1ccccc1)C(=O)O)C(=O)N[C@@H](Cc1ccccc1)C(N)=O. The van der Waals surface area contributed by atoms with Crippen molar-refractivity contribution >= 4 is 41.4 Å². The minimum atomic E-state index is -1.26. The second kappa shape index (κ2) is 28.2. The van der Waals surface area contributed by atoms with Gasteiger partial charge in [-0.25, -0.2) is 4.79 Å². The summed E-state index contributed by atoms with van der Waals surface area (Å²) in [4.78, 5) is 86.7. The molecule has 2 aromatic rings. The van der Waals surface area contributed by atoms with Crippen molar-refractivity contribution in [1.29, 1.82) is 0 Å². The molecule has 6 amide bonds. The van der Waals surface area contributed by atoms with Gasteiger partial charge in [0.15, 0.2) is 0 Å². The van der Waals surface area contributed by atoms with Gasteiger partial charge in [0.1, 0.15) is 24.2 Å². The van der Waals surface area contributed by atoms with Gasteiger partial charge in [-0.1, -0.05) is 139 Å². The molecule has 0 aliphatic carbocycles. The number of carboxylic acid groups (broad SMARTS) is 1. The molecule has 2 aromatic carbocycles. The highest BCUT2D eigenvalue weighted by molar-refractivity contribution is 5.94. The average Bonchev–Trinajstić information content (AvgIpc) is 3.17. The average molecular weight is 807 g/mol. The first-order valence-electron chi connectivity index (χ1n) is 20.8. The van der Waals surface area contributed by atoms with E-state index >= 15 is 0 Å². The Kier molecular flexibility index (Phi) is 23.7. The van der Waals surface area contributed by atoms with Crippen LogP contribution in [-0.2, 0) is 46.4 Å². The number of rotatable bonds is 31. The lowest BCUT2D eigenvalue weighted by Gasteiger charge is -2.23. The summed E-state index contributed by atoms with van der Waals surface area (Å²) in [6.45, 7) is 3.95.